The molecule has 48 heavy (non-hydrogen) atoms. The molecule has 1 heterocycles. The molecule has 1 fully saturated rings. The van der Waals surface area contributed by atoms with Crippen LogP contribution in [0.15, 0.2) is 115 Å². The van der Waals surface area contributed by atoms with Crippen LogP contribution < -0.4 is 20.4 Å². The van der Waals surface area contributed by atoms with E-state index in [2.05, 4.69) is 148 Å². The molecule has 1 aliphatic rings. The fourth-order valence-electron chi connectivity index (χ4n) is 7.45. The van der Waals surface area contributed by atoms with E-state index >= 15 is 0 Å². The van der Waals surface area contributed by atoms with Crippen molar-refractivity contribution in [3.05, 3.63) is 126 Å². The molecule has 0 radical (unpaired) electrons. The summed E-state index contributed by atoms with van der Waals surface area (Å²) >= 11 is 0. The van der Waals surface area contributed by atoms with Crippen LogP contribution in [0, 0.1) is 0 Å². The Hall–Kier alpha value is -3.30. The first kappa shape index (κ1) is 36.0. The zero-order chi connectivity index (χ0) is 34.0. The summed E-state index contributed by atoms with van der Waals surface area (Å²) in [4.78, 5) is 2.57. The summed E-state index contributed by atoms with van der Waals surface area (Å²) in [6, 6.07) is 40.8. The van der Waals surface area contributed by atoms with E-state index in [1.54, 1.807) is 7.11 Å². The maximum absolute atomic E-state index is 7.58. The highest BCUT2D eigenvalue weighted by molar-refractivity contribution is 6.99. The number of hydrogen-bond donors (Lipinski definition) is 1. The van der Waals surface area contributed by atoms with Crippen molar-refractivity contribution >= 4 is 18.7 Å². The first-order chi connectivity index (χ1) is 23.3. The second kappa shape index (κ2) is 16.4. The molecule has 0 amide bonds. The van der Waals surface area contributed by atoms with Gasteiger partial charge in [-0.15, -0.1) is 0 Å². The molecule has 4 aromatic carbocycles. The molecule has 2 atom stereocenters. The molecular formula is C41H54N2O4Si. The van der Waals surface area contributed by atoms with Crippen LogP contribution in [0.5, 0.6) is 5.75 Å². The van der Waals surface area contributed by atoms with Crippen LogP contribution in [-0.4, -0.2) is 65.1 Å². The Morgan fingerprint density at radius 1 is 0.792 bits per heavy atom. The number of rotatable bonds is 15. The first-order valence-electron chi connectivity index (χ1n) is 17.4. The standard InChI is InChI=1S/C41H54N2O4Si/c1-7-45-41(46-8-2)28-29-43(31-39(41)42-30-34-22-18-19-27-38(34)44-6)37(33-20-12-9-13-21-33)32-47-48(40(3,4)5,35-23-14-10-15-24-35)36-25-16-11-17-26-36/h9-27,37,39,42H,7-8,28-32H2,1-6H3/t37-,39+/m0/s1. The Bertz CT molecular complexity index is 1490. The van der Waals surface area contributed by atoms with Gasteiger partial charge in [-0.1, -0.05) is 130 Å². The summed E-state index contributed by atoms with van der Waals surface area (Å²) in [7, 11) is -1.03. The monoisotopic (exact) mass is 666 g/mol. The second-order valence-corrected chi connectivity index (χ2v) is 17.9. The number of para-hydroxylation sites is 1. The normalized spacial score (nSPS) is 17.6. The molecule has 0 saturated carbocycles. The summed E-state index contributed by atoms with van der Waals surface area (Å²) in [5.41, 5.74) is 2.35. The third-order valence-corrected chi connectivity index (χ3v) is 14.7. The predicted molar refractivity (Wildman–Crippen MR) is 199 cm³/mol. The fraction of sp³-hybridized carbons (Fsp3) is 0.415. The molecule has 5 rings (SSSR count). The van der Waals surface area contributed by atoms with E-state index in [-0.39, 0.29) is 17.1 Å². The molecular weight excluding hydrogens is 613 g/mol. The minimum Gasteiger partial charge on any atom is -0.496 e. The van der Waals surface area contributed by atoms with Gasteiger partial charge >= 0.3 is 0 Å². The lowest BCUT2D eigenvalue weighted by Gasteiger charge is -2.50. The Morgan fingerprint density at radius 3 is 1.88 bits per heavy atom. The van der Waals surface area contributed by atoms with Crippen molar-refractivity contribution in [3.63, 3.8) is 0 Å². The molecule has 6 nitrogen and oxygen atoms in total. The number of piperidine rings is 1. The Labute approximate surface area is 289 Å². The average molecular weight is 667 g/mol. The van der Waals surface area contributed by atoms with Crippen molar-refractivity contribution in [1.29, 1.82) is 0 Å². The fourth-order valence-corrected chi connectivity index (χ4v) is 12.0. The lowest BCUT2D eigenvalue weighted by atomic mass is 9.93. The van der Waals surface area contributed by atoms with Gasteiger partial charge < -0.3 is 24.0 Å². The van der Waals surface area contributed by atoms with E-state index in [1.807, 2.05) is 12.1 Å². The number of likely N-dealkylation sites (tertiary alicyclic amines) is 1. The molecule has 0 aliphatic carbocycles. The van der Waals surface area contributed by atoms with Crippen molar-refractivity contribution in [1.82, 2.24) is 10.2 Å². The van der Waals surface area contributed by atoms with Crippen LogP contribution in [0.25, 0.3) is 0 Å². The van der Waals surface area contributed by atoms with Gasteiger partial charge in [0.05, 0.1) is 25.8 Å². The lowest BCUT2D eigenvalue weighted by Crippen LogP contribution is -2.67. The molecule has 1 aliphatic heterocycles. The van der Waals surface area contributed by atoms with E-state index in [1.165, 1.54) is 15.9 Å². The Kier molecular flexibility index (Phi) is 12.3. The molecule has 7 heteroatoms. The summed E-state index contributed by atoms with van der Waals surface area (Å²) in [5, 5.41) is 6.32. The predicted octanol–water partition coefficient (Wildman–Crippen LogP) is 6.95. The van der Waals surface area contributed by atoms with Crippen molar-refractivity contribution < 1.29 is 18.6 Å². The minimum atomic E-state index is -2.75. The molecule has 0 unspecified atom stereocenters. The van der Waals surface area contributed by atoms with Gasteiger partial charge in [-0.05, 0) is 40.9 Å². The molecule has 0 aromatic heterocycles. The van der Waals surface area contributed by atoms with Gasteiger partial charge in [0.2, 0.25) is 0 Å². The number of ether oxygens (including phenoxy) is 3. The zero-order valence-electron chi connectivity index (χ0n) is 29.7. The van der Waals surface area contributed by atoms with Crippen LogP contribution in [0.2, 0.25) is 5.04 Å². The van der Waals surface area contributed by atoms with Gasteiger partial charge in [0, 0.05) is 44.8 Å². The van der Waals surface area contributed by atoms with E-state index in [4.69, 9.17) is 18.6 Å². The van der Waals surface area contributed by atoms with Gasteiger partial charge in [-0.25, -0.2) is 0 Å². The summed E-state index contributed by atoms with van der Waals surface area (Å²) in [5.74, 6) is 0.138. The molecule has 4 aromatic rings. The average Bonchev–Trinajstić information content (AvgIpc) is 3.11. The maximum atomic E-state index is 7.58. The van der Waals surface area contributed by atoms with Gasteiger partial charge in [0.15, 0.2) is 5.79 Å². The zero-order valence-corrected chi connectivity index (χ0v) is 30.7. The molecule has 0 spiro atoms. The highest BCUT2D eigenvalue weighted by Crippen LogP contribution is 2.39. The van der Waals surface area contributed by atoms with E-state index in [0.717, 1.165) is 30.8 Å². The topological polar surface area (TPSA) is 52.2 Å². The van der Waals surface area contributed by atoms with Gasteiger partial charge in [0.25, 0.3) is 8.32 Å². The molecule has 1 saturated heterocycles. The smallest absolute Gasteiger partial charge is 0.261 e. The molecule has 1 N–H and O–H groups in total. The van der Waals surface area contributed by atoms with Crippen molar-refractivity contribution in [3.8, 4) is 5.75 Å². The van der Waals surface area contributed by atoms with Crippen molar-refractivity contribution in [2.24, 2.45) is 0 Å². The third kappa shape index (κ3) is 7.78. The SMILES string of the molecule is CCOC1(OCC)CCN([C@@H](CO[Si](c2ccccc2)(c2ccccc2)C(C)(C)C)c2ccccc2)C[C@H]1NCc1ccccc1OC. The van der Waals surface area contributed by atoms with E-state index in [9.17, 15) is 0 Å². The number of hydrogen-bond acceptors (Lipinski definition) is 6. The minimum absolute atomic E-state index is 0.0321. The van der Waals surface area contributed by atoms with E-state index in [0.29, 0.717) is 26.4 Å². The highest BCUT2D eigenvalue weighted by Gasteiger charge is 2.51. The number of benzene rings is 4. The largest absolute Gasteiger partial charge is 0.496 e. The summed E-state index contributed by atoms with van der Waals surface area (Å²) < 4.78 is 26.3. The number of methoxy groups -OCH3 is 1. The van der Waals surface area contributed by atoms with Crippen LogP contribution in [0.3, 0.4) is 0 Å². The highest BCUT2D eigenvalue weighted by atomic mass is 28.4. The van der Waals surface area contributed by atoms with Crippen molar-refractivity contribution in [2.75, 3.05) is 40.0 Å². The number of nitrogens with one attached hydrogen (secondary N) is 1. The summed E-state index contributed by atoms with van der Waals surface area (Å²) in [6.45, 7) is 15.0. The maximum Gasteiger partial charge on any atom is 0.261 e. The van der Waals surface area contributed by atoms with Crippen LogP contribution in [0.1, 0.15) is 58.2 Å². The Morgan fingerprint density at radius 2 is 1.33 bits per heavy atom. The lowest BCUT2D eigenvalue weighted by molar-refractivity contribution is -0.269. The Balaban J connectivity index is 1.51. The van der Waals surface area contributed by atoms with Crippen LogP contribution in [0.4, 0.5) is 0 Å². The van der Waals surface area contributed by atoms with Crippen molar-refractivity contribution in [2.45, 2.75) is 70.5 Å². The molecule has 256 valence electrons. The first-order valence-corrected chi connectivity index (χ1v) is 19.4. The molecule has 0 bridgehead atoms. The van der Waals surface area contributed by atoms with Crippen LogP contribution >= 0.6 is 0 Å². The number of nitrogens with zero attached hydrogens (tertiary/aromatic N) is 1. The summed E-state index contributed by atoms with van der Waals surface area (Å²) in [6.07, 6.45) is 0.737. The van der Waals surface area contributed by atoms with Gasteiger partial charge in [0.1, 0.15) is 5.75 Å². The second-order valence-electron chi connectivity index (χ2n) is 13.6. The quantitative estimate of drug-likeness (QED) is 0.110. The van der Waals surface area contributed by atoms with E-state index < -0.39 is 14.1 Å². The van der Waals surface area contributed by atoms with Gasteiger partial charge in [-0.3, -0.25) is 4.90 Å². The van der Waals surface area contributed by atoms with Crippen LogP contribution in [-0.2, 0) is 20.4 Å². The third-order valence-electron chi connectivity index (χ3n) is 9.70. The van der Waals surface area contributed by atoms with Gasteiger partial charge in [-0.2, -0.15) is 0 Å².